The maximum atomic E-state index is 14.6. The monoisotopic (exact) mass is 227 g/mol. The Hall–Kier alpha value is -0.410. The van der Waals surface area contributed by atoms with Crippen LogP contribution >= 0.6 is 0 Å². The molecule has 0 radical (unpaired) electrons. The van der Waals surface area contributed by atoms with Crippen molar-refractivity contribution >= 4 is 0 Å². The normalized spacial score (nSPS) is 30.6. The van der Waals surface area contributed by atoms with Gasteiger partial charge in [-0.3, -0.25) is 0 Å². The van der Waals surface area contributed by atoms with Crippen LogP contribution in [-0.4, -0.2) is 31.5 Å². The van der Waals surface area contributed by atoms with Crippen LogP contribution in [0.25, 0.3) is 0 Å². The van der Waals surface area contributed by atoms with E-state index in [-0.39, 0.29) is 6.04 Å². The highest BCUT2D eigenvalue weighted by Crippen LogP contribution is 2.34. The fraction of sp³-hybridized carbons (Fsp3) is 0.846. The Morgan fingerprint density at radius 1 is 1.56 bits per heavy atom. The summed E-state index contributed by atoms with van der Waals surface area (Å²) in [5.41, 5.74) is -0.148. The zero-order valence-electron chi connectivity index (χ0n) is 10.1. The average molecular weight is 227 g/mol. The molecule has 2 unspecified atom stereocenters. The van der Waals surface area contributed by atoms with Crippen molar-refractivity contribution in [2.45, 2.75) is 50.7 Å². The maximum absolute atomic E-state index is 14.6. The highest BCUT2D eigenvalue weighted by Gasteiger charge is 2.32. The first-order chi connectivity index (χ1) is 7.68. The second-order valence-electron chi connectivity index (χ2n) is 5.10. The van der Waals surface area contributed by atoms with Crippen LogP contribution in [0.5, 0.6) is 0 Å². The van der Waals surface area contributed by atoms with Gasteiger partial charge in [-0.05, 0) is 38.2 Å². The first-order valence-corrected chi connectivity index (χ1v) is 6.38. The van der Waals surface area contributed by atoms with Gasteiger partial charge in [-0.1, -0.05) is 6.08 Å². The van der Waals surface area contributed by atoms with Gasteiger partial charge in [-0.15, -0.1) is 0 Å². The lowest BCUT2D eigenvalue weighted by molar-refractivity contribution is 0.0551. The van der Waals surface area contributed by atoms with Gasteiger partial charge >= 0.3 is 0 Å². The van der Waals surface area contributed by atoms with Gasteiger partial charge in [0.15, 0.2) is 0 Å². The number of hydrogen-bond acceptors (Lipinski definition) is 2. The predicted octanol–water partition coefficient (Wildman–Crippen LogP) is 2.59. The Kier molecular flexibility index (Phi) is 3.98. The molecule has 2 nitrogen and oxygen atoms in total. The Balaban J connectivity index is 1.92. The van der Waals surface area contributed by atoms with Crippen LogP contribution in [0, 0.1) is 0 Å². The van der Waals surface area contributed by atoms with Crippen LogP contribution in [-0.2, 0) is 4.74 Å². The van der Waals surface area contributed by atoms with E-state index in [1.54, 1.807) is 6.92 Å². The lowest BCUT2D eigenvalue weighted by Crippen LogP contribution is -2.45. The second kappa shape index (κ2) is 5.28. The summed E-state index contributed by atoms with van der Waals surface area (Å²) in [6, 6.07) is 0.173. The molecule has 2 aliphatic rings. The lowest BCUT2D eigenvalue weighted by atomic mass is 9.84. The maximum Gasteiger partial charge on any atom is 0.130 e. The summed E-state index contributed by atoms with van der Waals surface area (Å²) in [7, 11) is 0. The molecule has 1 N–H and O–H groups in total. The van der Waals surface area contributed by atoms with Gasteiger partial charge < -0.3 is 10.1 Å². The minimum Gasteiger partial charge on any atom is -0.379 e. The van der Waals surface area contributed by atoms with Crippen LogP contribution in [0.2, 0.25) is 0 Å². The number of ether oxygens (including phenoxy) is 1. The number of hydrogen-bond donors (Lipinski definition) is 1. The van der Waals surface area contributed by atoms with Crippen molar-refractivity contribution in [3.05, 3.63) is 11.6 Å². The third-order valence-electron chi connectivity index (χ3n) is 3.59. The number of allylic oxidation sites excluding steroid dienone is 2. The van der Waals surface area contributed by atoms with Gasteiger partial charge in [0, 0.05) is 19.0 Å². The van der Waals surface area contributed by atoms with Crippen molar-refractivity contribution in [2.24, 2.45) is 0 Å². The molecule has 0 aromatic carbocycles. The molecule has 16 heavy (non-hydrogen) atoms. The van der Waals surface area contributed by atoms with Crippen molar-refractivity contribution in [1.82, 2.24) is 5.32 Å². The minimum absolute atomic E-state index is 0.173. The van der Waals surface area contributed by atoms with Crippen molar-refractivity contribution in [2.75, 3.05) is 19.8 Å². The molecule has 0 amide bonds. The van der Waals surface area contributed by atoms with Gasteiger partial charge in [0.1, 0.15) is 5.67 Å². The lowest BCUT2D eigenvalue weighted by Gasteiger charge is -2.32. The molecular formula is C13H22FNO. The number of nitrogens with one attached hydrogen (secondary N) is 1. The Morgan fingerprint density at radius 3 is 3.06 bits per heavy atom. The quantitative estimate of drug-likeness (QED) is 0.748. The van der Waals surface area contributed by atoms with E-state index in [0.29, 0.717) is 13.0 Å². The van der Waals surface area contributed by atoms with Crippen LogP contribution in [0.1, 0.15) is 39.0 Å². The van der Waals surface area contributed by atoms with E-state index in [1.807, 2.05) is 0 Å². The zero-order chi connectivity index (χ0) is 11.4. The molecule has 3 heteroatoms. The van der Waals surface area contributed by atoms with E-state index in [4.69, 9.17) is 4.74 Å². The first kappa shape index (κ1) is 12.1. The van der Waals surface area contributed by atoms with Crippen LogP contribution < -0.4 is 5.32 Å². The number of halogens is 1. The third-order valence-corrected chi connectivity index (χ3v) is 3.59. The van der Waals surface area contributed by atoms with Gasteiger partial charge in [0.05, 0.1) is 13.2 Å². The summed E-state index contributed by atoms with van der Waals surface area (Å²) in [5.74, 6) is 0. The molecule has 0 aromatic rings. The largest absolute Gasteiger partial charge is 0.379 e. The molecule has 0 saturated carbocycles. The Morgan fingerprint density at radius 2 is 2.44 bits per heavy atom. The molecular weight excluding hydrogens is 205 g/mol. The van der Waals surface area contributed by atoms with Gasteiger partial charge in [-0.2, -0.15) is 0 Å². The SMILES string of the molecule is CC(F)(CC1COCCN1)C1=CCCCC1. The summed E-state index contributed by atoms with van der Waals surface area (Å²) in [4.78, 5) is 0. The van der Waals surface area contributed by atoms with Gasteiger partial charge in [0.2, 0.25) is 0 Å². The summed E-state index contributed by atoms with van der Waals surface area (Å²) in [6.45, 7) is 3.97. The first-order valence-electron chi connectivity index (χ1n) is 6.38. The second-order valence-corrected chi connectivity index (χ2v) is 5.10. The molecule has 2 atom stereocenters. The van der Waals surface area contributed by atoms with E-state index in [1.165, 1.54) is 6.42 Å². The van der Waals surface area contributed by atoms with E-state index in [0.717, 1.165) is 38.0 Å². The van der Waals surface area contributed by atoms with Crippen molar-refractivity contribution in [3.63, 3.8) is 0 Å². The molecule has 1 heterocycles. The predicted molar refractivity (Wildman–Crippen MR) is 63.3 cm³/mol. The number of alkyl halides is 1. The number of morpholine rings is 1. The molecule has 1 saturated heterocycles. The molecule has 0 aromatic heterocycles. The highest BCUT2D eigenvalue weighted by atomic mass is 19.1. The minimum atomic E-state index is -1.15. The van der Waals surface area contributed by atoms with Crippen LogP contribution in [0.3, 0.4) is 0 Å². The molecule has 0 bridgehead atoms. The van der Waals surface area contributed by atoms with Gasteiger partial charge in [-0.25, -0.2) is 4.39 Å². The van der Waals surface area contributed by atoms with Crippen molar-refractivity contribution in [3.8, 4) is 0 Å². The van der Waals surface area contributed by atoms with Crippen molar-refractivity contribution in [1.29, 1.82) is 0 Å². The fourth-order valence-electron chi connectivity index (χ4n) is 2.66. The van der Waals surface area contributed by atoms with Crippen molar-refractivity contribution < 1.29 is 9.13 Å². The molecule has 1 aliphatic heterocycles. The van der Waals surface area contributed by atoms with E-state index >= 15 is 0 Å². The van der Waals surface area contributed by atoms with Crippen LogP contribution in [0.4, 0.5) is 4.39 Å². The van der Waals surface area contributed by atoms with E-state index < -0.39 is 5.67 Å². The van der Waals surface area contributed by atoms with E-state index in [9.17, 15) is 4.39 Å². The molecule has 0 spiro atoms. The average Bonchev–Trinajstić information content (AvgIpc) is 2.31. The number of rotatable bonds is 3. The van der Waals surface area contributed by atoms with Gasteiger partial charge in [0.25, 0.3) is 0 Å². The molecule has 2 rings (SSSR count). The van der Waals surface area contributed by atoms with E-state index in [2.05, 4.69) is 11.4 Å². The summed E-state index contributed by atoms with van der Waals surface area (Å²) in [6.07, 6.45) is 6.97. The topological polar surface area (TPSA) is 21.3 Å². The fourth-order valence-corrected chi connectivity index (χ4v) is 2.66. The van der Waals surface area contributed by atoms with Crippen LogP contribution in [0.15, 0.2) is 11.6 Å². The zero-order valence-corrected chi connectivity index (χ0v) is 10.1. The molecule has 92 valence electrons. The highest BCUT2D eigenvalue weighted by molar-refractivity contribution is 5.18. The third kappa shape index (κ3) is 3.05. The Bertz CT molecular complexity index is 257. The standard InChI is InChI=1S/C13H22FNO/c1-13(14,11-5-3-2-4-6-11)9-12-10-16-8-7-15-12/h5,12,15H,2-4,6-10H2,1H3. The molecule has 1 fully saturated rings. The summed E-state index contributed by atoms with van der Waals surface area (Å²) < 4.78 is 20.0. The smallest absolute Gasteiger partial charge is 0.130 e. The molecule has 1 aliphatic carbocycles. The Labute approximate surface area is 97.2 Å². The summed E-state index contributed by atoms with van der Waals surface area (Å²) >= 11 is 0. The summed E-state index contributed by atoms with van der Waals surface area (Å²) in [5, 5.41) is 3.32.